The van der Waals surface area contributed by atoms with Crippen molar-refractivity contribution in [2.45, 2.75) is 25.0 Å². The molecule has 0 spiro atoms. The van der Waals surface area contributed by atoms with Crippen LogP contribution in [0, 0.1) is 0 Å². The minimum Gasteiger partial charge on any atom is -0.448 e. The van der Waals surface area contributed by atoms with Crippen molar-refractivity contribution in [3.63, 3.8) is 0 Å². The molecule has 0 heterocycles. The van der Waals surface area contributed by atoms with E-state index in [1.54, 1.807) is 18.7 Å². The average molecular weight is 312 g/mol. The average Bonchev–Trinajstić information content (AvgIpc) is 2.54. The van der Waals surface area contributed by atoms with Crippen LogP contribution >= 0.6 is 11.8 Å². The van der Waals surface area contributed by atoms with Crippen molar-refractivity contribution in [1.29, 1.82) is 0 Å². The van der Waals surface area contributed by atoms with Crippen molar-refractivity contribution in [3.8, 4) is 11.1 Å². The summed E-state index contributed by atoms with van der Waals surface area (Å²) in [6, 6.07) is 18.6. The Labute approximate surface area is 136 Å². The van der Waals surface area contributed by atoms with Crippen molar-refractivity contribution < 1.29 is 9.53 Å². The molecule has 2 aromatic rings. The molecule has 2 nitrogen and oxygen atoms in total. The van der Waals surface area contributed by atoms with E-state index in [-0.39, 0.29) is 11.4 Å². The summed E-state index contributed by atoms with van der Waals surface area (Å²) in [5, 5.41) is 0. The first-order valence-electron chi connectivity index (χ1n) is 7.19. The van der Waals surface area contributed by atoms with E-state index in [2.05, 4.69) is 30.8 Å². The fourth-order valence-electron chi connectivity index (χ4n) is 2.04. The lowest BCUT2D eigenvalue weighted by molar-refractivity contribution is -0.139. The molecule has 0 fully saturated rings. The first-order chi connectivity index (χ1) is 10.6. The molecule has 1 unspecified atom stereocenters. The van der Waals surface area contributed by atoms with Crippen molar-refractivity contribution in [1.82, 2.24) is 0 Å². The lowest BCUT2D eigenvalue weighted by Gasteiger charge is -2.14. The molecule has 3 heteroatoms. The smallest absolute Gasteiger partial charge is 0.334 e. The highest BCUT2D eigenvalue weighted by molar-refractivity contribution is 7.99. The van der Waals surface area contributed by atoms with E-state index in [1.807, 2.05) is 37.3 Å². The number of carbonyl (C=O) groups excluding carboxylic acids is 1. The van der Waals surface area contributed by atoms with Gasteiger partial charge in [-0.3, -0.25) is 0 Å². The molecule has 114 valence electrons. The molecule has 0 aromatic heterocycles. The van der Waals surface area contributed by atoms with E-state index in [1.165, 1.54) is 16.7 Å². The van der Waals surface area contributed by atoms with Gasteiger partial charge in [0.1, 0.15) is 5.44 Å². The van der Waals surface area contributed by atoms with E-state index in [4.69, 9.17) is 4.74 Å². The summed E-state index contributed by atoms with van der Waals surface area (Å²) in [5.41, 5.74) is 3.88. The largest absolute Gasteiger partial charge is 0.448 e. The zero-order valence-corrected chi connectivity index (χ0v) is 13.7. The van der Waals surface area contributed by atoms with Crippen LogP contribution in [0.25, 0.3) is 11.1 Å². The van der Waals surface area contributed by atoms with Crippen LogP contribution in [0.5, 0.6) is 0 Å². The van der Waals surface area contributed by atoms with E-state index >= 15 is 0 Å². The third-order valence-electron chi connectivity index (χ3n) is 3.20. The second kappa shape index (κ2) is 7.85. The second-order valence-corrected chi connectivity index (χ2v) is 6.37. The maximum atomic E-state index is 11.5. The normalized spacial score (nSPS) is 11.7. The van der Waals surface area contributed by atoms with Gasteiger partial charge in [0.25, 0.3) is 0 Å². The lowest BCUT2D eigenvalue weighted by atomic mass is 10.0. The lowest BCUT2D eigenvalue weighted by Crippen LogP contribution is -2.12. The van der Waals surface area contributed by atoms with Crippen molar-refractivity contribution >= 4 is 17.7 Å². The Morgan fingerprint density at radius 2 is 1.77 bits per heavy atom. The predicted octanol–water partition coefficient (Wildman–Crippen LogP) is 5.05. The topological polar surface area (TPSA) is 26.3 Å². The molecule has 0 saturated heterocycles. The van der Waals surface area contributed by atoms with Gasteiger partial charge >= 0.3 is 5.97 Å². The summed E-state index contributed by atoms with van der Waals surface area (Å²) < 4.78 is 5.30. The molecule has 0 saturated carbocycles. The number of rotatable bonds is 6. The molecule has 0 radical (unpaired) electrons. The van der Waals surface area contributed by atoms with Crippen LogP contribution in [0.3, 0.4) is 0 Å². The highest BCUT2D eigenvalue weighted by Crippen LogP contribution is 2.28. The summed E-state index contributed by atoms with van der Waals surface area (Å²) in [6.07, 6.45) is 0. The molecule has 0 aliphatic heterocycles. The van der Waals surface area contributed by atoms with Crippen LogP contribution in [0.2, 0.25) is 0 Å². The number of hydrogen-bond acceptors (Lipinski definition) is 3. The zero-order chi connectivity index (χ0) is 15.9. The molecule has 1 atom stereocenters. The van der Waals surface area contributed by atoms with Gasteiger partial charge in [0.05, 0.1) is 0 Å². The molecule has 0 aliphatic rings. The van der Waals surface area contributed by atoms with E-state index in [0.717, 1.165) is 5.75 Å². The van der Waals surface area contributed by atoms with Crippen LogP contribution in [0.15, 0.2) is 66.7 Å². The van der Waals surface area contributed by atoms with Crippen LogP contribution < -0.4 is 0 Å². The van der Waals surface area contributed by atoms with Crippen LogP contribution in [-0.4, -0.2) is 11.4 Å². The van der Waals surface area contributed by atoms with Gasteiger partial charge in [-0.25, -0.2) is 4.79 Å². The van der Waals surface area contributed by atoms with Crippen molar-refractivity contribution in [2.24, 2.45) is 0 Å². The predicted molar refractivity (Wildman–Crippen MR) is 93.5 cm³/mol. The fraction of sp³-hybridized carbons (Fsp3) is 0.211. The maximum Gasteiger partial charge on any atom is 0.334 e. The summed E-state index contributed by atoms with van der Waals surface area (Å²) in [6.45, 7) is 7.14. The van der Waals surface area contributed by atoms with Gasteiger partial charge in [0.2, 0.25) is 0 Å². The Balaban J connectivity index is 2.05. The minimum absolute atomic E-state index is 0.201. The maximum absolute atomic E-state index is 11.5. The number of benzene rings is 2. The first kappa shape index (κ1) is 16.4. The summed E-state index contributed by atoms with van der Waals surface area (Å²) >= 11 is 1.60. The third kappa shape index (κ3) is 4.50. The number of carbonyl (C=O) groups is 1. The molecule has 22 heavy (non-hydrogen) atoms. The van der Waals surface area contributed by atoms with Gasteiger partial charge in [0, 0.05) is 11.3 Å². The molecule has 2 rings (SSSR count). The highest BCUT2D eigenvalue weighted by Gasteiger charge is 2.12. The highest BCUT2D eigenvalue weighted by atomic mass is 32.2. The number of hydrogen-bond donors (Lipinski definition) is 0. The standard InChI is InChI=1S/C19H20O2S/c1-14(2)19(20)21-15(3)22-13-17-11-7-8-12-18(17)16-9-5-4-6-10-16/h4-12,15H,1,13H2,2-3H3. The van der Waals surface area contributed by atoms with Crippen LogP contribution in [0.4, 0.5) is 0 Å². The SMILES string of the molecule is C=C(C)C(=O)OC(C)SCc1ccccc1-c1ccccc1. The molecule has 0 aliphatic carbocycles. The number of esters is 1. The first-order valence-corrected chi connectivity index (χ1v) is 8.24. The number of ether oxygens (including phenoxy) is 1. The van der Waals surface area contributed by atoms with E-state index in [0.29, 0.717) is 5.57 Å². The van der Waals surface area contributed by atoms with E-state index < -0.39 is 0 Å². The van der Waals surface area contributed by atoms with Gasteiger partial charge in [-0.2, -0.15) is 0 Å². The van der Waals surface area contributed by atoms with Gasteiger partial charge < -0.3 is 4.74 Å². The second-order valence-electron chi connectivity index (χ2n) is 5.09. The Kier molecular flexibility index (Phi) is 5.84. The van der Waals surface area contributed by atoms with Gasteiger partial charge in [-0.1, -0.05) is 61.2 Å². The van der Waals surface area contributed by atoms with Crippen LogP contribution in [0.1, 0.15) is 19.4 Å². The molecule has 0 bridgehead atoms. The summed E-state index contributed by atoms with van der Waals surface area (Å²) in [4.78, 5) is 11.5. The number of thioether (sulfide) groups is 1. The van der Waals surface area contributed by atoms with Crippen LogP contribution in [-0.2, 0) is 15.3 Å². The fourth-order valence-corrected chi connectivity index (χ4v) is 2.86. The third-order valence-corrected chi connectivity index (χ3v) is 4.24. The summed E-state index contributed by atoms with van der Waals surface area (Å²) in [7, 11) is 0. The monoisotopic (exact) mass is 312 g/mol. The van der Waals surface area contributed by atoms with Crippen molar-refractivity contribution in [2.75, 3.05) is 0 Å². The molecule has 0 amide bonds. The van der Waals surface area contributed by atoms with Crippen molar-refractivity contribution in [3.05, 3.63) is 72.3 Å². The molecular formula is C19H20O2S. The Morgan fingerprint density at radius 1 is 1.14 bits per heavy atom. The molecule has 2 aromatic carbocycles. The molecular weight excluding hydrogens is 292 g/mol. The van der Waals surface area contributed by atoms with Gasteiger partial charge in [-0.05, 0) is 30.5 Å². The Hall–Kier alpha value is -2.00. The van der Waals surface area contributed by atoms with E-state index in [9.17, 15) is 4.79 Å². The quantitative estimate of drug-likeness (QED) is 0.424. The van der Waals surface area contributed by atoms with Gasteiger partial charge in [0.15, 0.2) is 0 Å². The Morgan fingerprint density at radius 3 is 2.45 bits per heavy atom. The summed E-state index contributed by atoms with van der Waals surface area (Å²) in [5.74, 6) is 0.451. The Bertz CT molecular complexity index is 649. The molecule has 0 N–H and O–H groups in total. The zero-order valence-electron chi connectivity index (χ0n) is 12.9. The minimum atomic E-state index is -0.337. The van der Waals surface area contributed by atoms with Gasteiger partial charge in [-0.15, -0.1) is 11.8 Å².